The first-order valence-corrected chi connectivity index (χ1v) is 9.56. The normalized spacial score (nSPS) is 12.5. The number of fused-ring (bicyclic) bond motifs is 1. The highest BCUT2D eigenvalue weighted by Crippen LogP contribution is 2.30. The minimum atomic E-state index is -0.243. The average Bonchev–Trinajstić information content (AvgIpc) is 3.05. The molecule has 3 rings (SSSR count). The summed E-state index contributed by atoms with van der Waals surface area (Å²) in [6.07, 6.45) is 1.55. The van der Waals surface area contributed by atoms with Gasteiger partial charge in [-0.1, -0.05) is 37.7 Å². The number of carbonyl (C=O) groups is 1. The van der Waals surface area contributed by atoms with Crippen LogP contribution in [0, 0.1) is 0 Å². The summed E-state index contributed by atoms with van der Waals surface area (Å²) in [5.74, 6) is 0.453. The molecule has 0 aliphatic carbocycles. The third-order valence-corrected chi connectivity index (χ3v) is 5.66. The SMILES string of the molecule is CC(C)c1ccc(NC(=O)[C@@H](C)Sc2ncnc3sccc23)cc1. The van der Waals surface area contributed by atoms with E-state index < -0.39 is 0 Å². The van der Waals surface area contributed by atoms with E-state index in [1.165, 1.54) is 17.3 Å². The largest absolute Gasteiger partial charge is 0.325 e. The van der Waals surface area contributed by atoms with Gasteiger partial charge in [-0.3, -0.25) is 4.79 Å². The number of anilines is 1. The molecule has 0 fully saturated rings. The highest BCUT2D eigenvalue weighted by Gasteiger charge is 2.17. The molecule has 0 aliphatic rings. The lowest BCUT2D eigenvalue weighted by molar-refractivity contribution is -0.115. The lowest BCUT2D eigenvalue weighted by Gasteiger charge is -2.13. The summed E-state index contributed by atoms with van der Waals surface area (Å²) in [5.41, 5.74) is 2.08. The van der Waals surface area contributed by atoms with Gasteiger partial charge in [0.15, 0.2) is 0 Å². The van der Waals surface area contributed by atoms with Gasteiger partial charge in [0.2, 0.25) is 5.91 Å². The molecule has 2 aromatic heterocycles. The molecule has 1 N–H and O–H groups in total. The summed E-state index contributed by atoms with van der Waals surface area (Å²) in [6, 6.07) is 10.0. The van der Waals surface area contributed by atoms with Gasteiger partial charge in [-0.05, 0) is 42.0 Å². The number of hydrogen-bond acceptors (Lipinski definition) is 5. The summed E-state index contributed by atoms with van der Waals surface area (Å²) >= 11 is 3.03. The summed E-state index contributed by atoms with van der Waals surface area (Å²) in [4.78, 5) is 21.9. The Hall–Kier alpha value is -1.92. The van der Waals surface area contributed by atoms with Crippen LogP contribution in [0.15, 0.2) is 47.1 Å². The van der Waals surface area contributed by atoms with Crippen LogP contribution in [0.2, 0.25) is 0 Å². The number of hydrogen-bond donors (Lipinski definition) is 1. The van der Waals surface area contributed by atoms with E-state index >= 15 is 0 Å². The van der Waals surface area contributed by atoms with E-state index in [2.05, 4.69) is 41.3 Å². The van der Waals surface area contributed by atoms with E-state index in [1.807, 2.05) is 30.5 Å². The van der Waals surface area contributed by atoms with E-state index in [9.17, 15) is 4.79 Å². The van der Waals surface area contributed by atoms with E-state index in [-0.39, 0.29) is 11.2 Å². The van der Waals surface area contributed by atoms with Crippen molar-refractivity contribution in [2.45, 2.75) is 37.0 Å². The lowest BCUT2D eigenvalue weighted by Crippen LogP contribution is -2.22. The van der Waals surface area contributed by atoms with E-state index in [4.69, 9.17) is 0 Å². The van der Waals surface area contributed by atoms with Crippen molar-refractivity contribution in [3.8, 4) is 0 Å². The molecule has 0 saturated heterocycles. The number of amides is 1. The van der Waals surface area contributed by atoms with Crippen LogP contribution < -0.4 is 5.32 Å². The molecular formula is C18H19N3OS2. The molecule has 6 heteroatoms. The molecule has 4 nitrogen and oxygen atoms in total. The molecule has 1 amide bonds. The van der Waals surface area contributed by atoms with Crippen molar-refractivity contribution in [3.05, 3.63) is 47.6 Å². The zero-order valence-corrected chi connectivity index (χ0v) is 15.4. The lowest BCUT2D eigenvalue weighted by atomic mass is 10.0. The van der Waals surface area contributed by atoms with Crippen molar-refractivity contribution >= 4 is 44.9 Å². The number of nitrogens with one attached hydrogen (secondary N) is 1. The number of nitrogens with zero attached hydrogens (tertiary/aromatic N) is 2. The second-order valence-electron chi connectivity index (χ2n) is 5.84. The van der Waals surface area contributed by atoms with Gasteiger partial charge in [-0.2, -0.15) is 0 Å². The predicted molar refractivity (Wildman–Crippen MR) is 102 cm³/mol. The standard InChI is InChI=1S/C18H19N3OS2/c1-11(2)13-4-6-14(7-5-13)21-16(22)12(3)24-18-15-8-9-23-17(15)19-10-20-18/h4-12H,1-3H3,(H,21,22)/t12-/m1/s1. The smallest absolute Gasteiger partial charge is 0.237 e. The highest BCUT2D eigenvalue weighted by atomic mass is 32.2. The van der Waals surface area contributed by atoms with Crippen molar-refractivity contribution in [2.24, 2.45) is 0 Å². The van der Waals surface area contributed by atoms with Gasteiger partial charge in [0.25, 0.3) is 0 Å². The highest BCUT2D eigenvalue weighted by molar-refractivity contribution is 8.00. The molecule has 124 valence electrons. The van der Waals surface area contributed by atoms with Crippen LogP contribution in [0.5, 0.6) is 0 Å². The Morgan fingerprint density at radius 3 is 2.58 bits per heavy atom. The fraction of sp³-hybridized carbons (Fsp3) is 0.278. The zero-order valence-electron chi connectivity index (χ0n) is 13.8. The Morgan fingerprint density at radius 1 is 1.12 bits per heavy atom. The fourth-order valence-corrected chi connectivity index (χ4v) is 3.98. The van der Waals surface area contributed by atoms with Gasteiger partial charge in [0, 0.05) is 11.1 Å². The second-order valence-corrected chi connectivity index (χ2v) is 8.07. The third kappa shape index (κ3) is 3.76. The number of thioether (sulfide) groups is 1. The Labute approximate surface area is 149 Å². The number of aromatic nitrogens is 2. The first-order valence-electron chi connectivity index (χ1n) is 7.80. The molecule has 2 heterocycles. The molecule has 0 radical (unpaired) electrons. The van der Waals surface area contributed by atoms with Crippen LogP contribution in [0.3, 0.4) is 0 Å². The maximum Gasteiger partial charge on any atom is 0.237 e. The van der Waals surface area contributed by atoms with Gasteiger partial charge in [0.05, 0.1) is 5.25 Å². The summed E-state index contributed by atoms with van der Waals surface area (Å²) in [7, 11) is 0. The quantitative estimate of drug-likeness (QED) is 0.519. The van der Waals surface area contributed by atoms with Crippen LogP contribution in [0.1, 0.15) is 32.3 Å². The molecule has 0 spiro atoms. The average molecular weight is 358 g/mol. The maximum atomic E-state index is 12.4. The first-order chi connectivity index (χ1) is 11.5. The molecular weight excluding hydrogens is 338 g/mol. The summed E-state index contributed by atoms with van der Waals surface area (Å²) in [5, 5.41) is 6.57. The monoisotopic (exact) mass is 357 g/mol. The molecule has 24 heavy (non-hydrogen) atoms. The van der Waals surface area contributed by atoms with Crippen LogP contribution >= 0.6 is 23.1 Å². The maximum absolute atomic E-state index is 12.4. The number of thiophene rings is 1. The predicted octanol–water partition coefficient (Wildman–Crippen LogP) is 4.93. The fourth-order valence-electron chi connectivity index (χ4n) is 2.28. The molecule has 0 bridgehead atoms. The van der Waals surface area contributed by atoms with Crippen LogP contribution in [-0.4, -0.2) is 21.1 Å². The molecule has 3 aromatic rings. The number of carbonyl (C=O) groups excluding carboxylic acids is 1. The van der Waals surface area contributed by atoms with Gasteiger partial charge >= 0.3 is 0 Å². The molecule has 1 atom stereocenters. The Balaban J connectivity index is 1.67. The number of rotatable bonds is 5. The minimum absolute atomic E-state index is 0.0284. The molecule has 1 aromatic carbocycles. The Morgan fingerprint density at radius 2 is 1.88 bits per heavy atom. The van der Waals surface area contributed by atoms with Gasteiger partial charge < -0.3 is 5.32 Å². The molecule has 0 unspecified atom stereocenters. The van der Waals surface area contributed by atoms with E-state index in [0.717, 1.165) is 20.9 Å². The van der Waals surface area contributed by atoms with Crippen molar-refractivity contribution in [1.29, 1.82) is 0 Å². The van der Waals surface area contributed by atoms with Gasteiger partial charge in [0.1, 0.15) is 16.2 Å². The Kier molecular flexibility index (Phi) is 5.16. The van der Waals surface area contributed by atoms with Crippen LogP contribution in [0.25, 0.3) is 10.2 Å². The van der Waals surface area contributed by atoms with Crippen molar-refractivity contribution in [1.82, 2.24) is 9.97 Å². The zero-order chi connectivity index (χ0) is 17.1. The van der Waals surface area contributed by atoms with Gasteiger partial charge in [-0.25, -0.2) is 9.97 Å². The van der Waals surface area contributed by atoms with Crippen molar-refractivity contribution in [2.75, 3.05) is 5.32 Å². The molecule has 0 saturated carbocycles. The van der Waals surface area contributed by atoms with Crippen molar-refractivity contribution in [3.63, 3.8) is 0 Å². The minimum Gasteiger partial charge on any atom is -0.325 e. The summed E-state index contributed by atoms with van der Waals surface area (Å²) in [6.45, 7) is 6.20. The number of benzene rings is 1. The topological polar surface area (TPSA) is 54.9 Å². The summed E-state index contributed by atoms with van der Waals surface area (Å²) < 4.78 is 0. The van der Waals surface area contributed by atoms with Crippen LogP contribution in [0.4, 0.5) is 5.69 Å². The third-order valence-electron chi connectivity index (χ3n) is 3.73. The van der Waals surface area contributed by atoms with Crippen LogP contribution in [-0.2, 0) is 4.79 Å². The van der Waals surface area contributed by atoms with Crippen molar-refractivity contribution < 1.29 is 4.79 Å². The first kappa shape index (κ1) is 16.9. The van der Waals surface area contributed by atoms with E-state index in [1.54, 1.807) is 17.7 Å². The van der Waals surface area contributed by atoms with E-state index in [0.29, 0.717) is 5.92 Å². The second kappa shape index (κ2) is 7.32. The Bertz CT molecular complexity index is 843. The van der Waals surface area contributed by atoms with Gasteiger partial charge in [-0.15, -0.1) is 11.3 Å². The molecule has 0 aliphatic heterocycles.